The Kier molecular flexibility index (Phi) is 2.92. The van der Waals surface area contributed by atoms with Gasteiger partial charge < -0.3 is 0 Å². The highest BCUT2D eigenvalue weighted by molar-refractivity contribution is 14.1. The molecule has 0 aromatic carbocycles. The molecule has 0 bridgehead atoms. The van der Waals surface area contributed by atoms with E-state index in [9.17, 15) is 13.2 Å². The summed E-state index contributed by atoms with van der Waals surface area (Å²) in [6, 6.07) is 1.11. The molecule has 1 heterocycles. The molecule has 1 nitrogen and oxygen atoms in total. The van der Waals surface area contributed by atoms with Crippen molar-refractivity contribution >= 4 is 22.6 Å². The van der Waals surface area contributed by atoms with E-state index in [1.165, 1.54) is 6.92 Å². The van der Waals surface area contributed by atoms with Crippen molar-refractivity contribution in [3.05, 3.63) is 26.8 Å². The van der Waals surface area contributed by atoms with E-state index in [0.29, 0.717) is 0 Å². The molecule has 0 spiro atoms. The number of hydrogen-bond donors (Lipinski definition) is 0. The first-order valence-electron chi connectivity index (χ1n) is 3.13. The fraction of sp³-hybridized carbons (Fsp3) is 0.286. The van der Waals surface area contributed by atoms with E-state index in [4.69, 9.17) is 0 Å². The van der Waals surface area contributed by atoms with Gasteiger partial charge in [-0.15, -0.1) is 0 Å². The van der Waals surface area contributed by atoms with Crippen LogP contribution in [-0.2, 0) is 0 Å². The van der Waals surface area contributed by atoms with Crippen LogP contribution in [0.4, 0.5) is 13.2 Å². The van der Waals surface area contributed by atoms with Crippen LogP contribution < -0.4 is 0 Å². The summed E-state index contributed by atoms with van der Waals surface area (Å²) in [5, 5.41) is 0. The summed E-state index contributed by atoms with van der Waals surface area (Å²) in [5.74, 6) is -0.697. The third kappa shape index (κ3) is 1.88. The molecule has 0 N–H and O–H groups in total. The van der Waals surface area contributed by atoms with Crippen LogP contribution in [0.15, 0.2) is 6.07 Å². The first kappa shape index (κ1) is 9.76. The molecule has 1 rings (SSSR count). The summed E-state index contributed by atoms with van der Waals surface area (Å²) in [5.41, 5.74) is -0.163. The summed E-state index contributed by atoms with van der Waals surface area (Å²) >= 11 is 1.63. The monoisotopic (exact) mass is 287 g/mol. The zero-order chi connectivity index (χ0) is 9.30. The number of rotatable bonds is 1. The van der Waals surface area contributed by atoms with Crippen molar-refractivity contribution in [3.63, 3.8) is 0 Å². The minimum atomic E-state index is -2.59. The number of halogens is 4. The fourth-order valence-electron chi connectivity index (χ4n) is 0.787. The Labute approximate surface area is 81.1 Å². The number of aromatic nitrogens is 1. The van der Waals surface area contributed by atoms with E-state index in [1.807, 2.05) is 0 Å². The van der Waals surface area contributed by atoms with Gasteiger partial charge in [-0.25, -0.2) is 13.8 Å². The Bertz CT molecular complexity index is 301. The molecule has 0 unspecified atom stereocenters. The van der Waals surface area contributed by atoms with Crippen LogP contribution in [-0.4, -0.2) is 4.98 Å². The second kappa shape index (κ2) is 3.59. The second-order valence-corrected chi connectivity index (χ2v) is 3.40. The summed E-state index contributed by atoms with van der Waals surface area (Å²) in [6.45, 7) is 1.36. The molecular weight excluding hydrogens is 282 g/mol. The SMILES string of the molecule is Cc1nc(F)c(I)cc1C(F)F. The van der Waals surface area contributed by atoms with Crippen LogP contribution in [0.1, 0.15) is 17.7 Å². The standard InChI is InChI=1S/C7H5F3IN/c1-3-4(6(8)9)2-5(11)7(10)12-3/h2,6H,1H3. The van der Waals surface area contributed by atoms with Crippen molar-refractivity contribution in [1.29, 1.82) is 0 Å². The lowest BCUT2D eigenvalue weighted by Crippen LogP contribution is -1.98. The van der Waals surface area contributed by atoms with Crippen molar-refractivity contribution in [2.45, 2.75) is 13.3 Å². The van der Waals surface area contributed by atoms with Crippen LogP contribution in [0.5, 0.6) is 0 Å². The number of aryl methyl sites for hydroxylation is 1. The van der Waals surface area contributed by atoms with Gasteiger partial charge in [-0.05, 0) is 35.6 Å². The molecule has 0 saturated carbocycles. The van der Waals surface area contributed by atoms with E-state index in [1.54, 1.807) is 22.6 Å². The van der Waals surface area contributed by atoms with E-state index in [-0.39, 0.29) is 14.8 Å². The average Bonchev–Trinajstić information content (AvgIpc) is 1.96. The topological polar surface area (TPSA) is 12.9 Å². The van der Waals surface area contributed by atoms with Crippen molar-refractivity contribution in [3.8, 4) is 0 Å². The van der Waals surface area contributed by atoms with Gasteiger partial charge in [0.15, 0.2) is 0 Å². The minimum absolute atomic E-state index is 0.0444. The summed E-state index contributed by atoms with van der Waals surface area (Å²) in [7, 11) is 0. The lowest BCUT2D eigenvalue weighted by atomic mass is 10.2. The molecule has 0 aliphatic carbocycles. The predicted molar refractivity (Wildman–Crippen MR) is 46.6 cm³/mol. The first-order chi connectivity index (χ1) is 5.52. The van der Waals surface area contributed by atoms with Gasteiger partial charge in [0, 0.05) is 11.3 Å². The number of alkyl halides is 2. The summed E-state index contributed by atoms with van der Waals surface area (Å²) in [4.78, 5) is 3.34. The Morgan fingerprint density at radius 1 is 1.50 bits per heavy atom. The maximum absolute atomic E-state index is 12.7. The molecule has 1 aromatic rings. The van der Waals surface area contributed by atoms with Crippen LogP contribution in [0.3, 0.4) is 0 Å². The van der Waals surface area contributed by atoms with Gasteiger partial charge in [0.2, 0.25) is 5.95 Å². The molecule has 0 aliphatic heterocycles. The second-order valence-electron chi connectivity index (χ2n) is 2.24. The first-order valence-corrected chi connectivity index (χ1v) is 4.21. The van der Waals surface area contributed by atoms with Crippen molar-refractivity contribution < 1.29 is 13.2 Å². The largest absolute Gasteiger partial charge is 0.265 e. The fourth-order valence-corrected chi connectivity index (χ4v) is 1.24. The van der Waals surface area contributed by atoms with E-state index >= 15 is 0 Å². The Balaban J connectivity index is 3.23. The zero-order valence-corrected chi connectivity index (χ0v) is 8.27. The Morgan fingerprint density at radius 2 is 2.08 bits per heavy atom. The molecule has 5 heteroatoms. The smallest absolute Gasteiger partial charge is 0.224 e. The third-order valence-corrected chi connectivity index (χ3v) is 2.15. The highest BCUT2D eigenvalue weighted by Crippen LogP contribution is 2.23. The maximum atomic E-state index is 12.7. The molecule has 0 radical (unpaired) electrons. The molecule has 66 valence electrons. The molecule has 12 heavy (non-hydrogen) atoms. The van der Waals surface area contributed by atoms with Gasteiger partial charge in [0.1, 0.15) is 0 Å². The van der Waals surface area contributed by atoms with Gasteiger partial charge in [-0.1, -0.05) is 0 Å². The minimum Gasteiger partial charge on any atom is -0.224 e. The van der Waals surface area contributed by atoms with Crippen LogP contribution >= 0.6 is 22.6 Å². The van der Waals surface area contributed by atoms with Gasteiger partial charge in [0.25, 0.3) is 6.43 Å². The third-order valence-electron chi connectivity index (χ3n) is 1.40. The lowest BCUT2D eigenvalue weighted by Gasteiger charge is -2.04. The number of nitrogens with zero attached hydrogens (tertiary/aromatic N) is 1. The zero-order valence-electron chi connectivity index (χ0n) is 6.11. The van der Waals surface area contributed by atoms with Gasteiger partial charge >= 0.3 is 0 Å². The molecule has 0 amide bonds. The molecule has 0 saturated heterocycles. The Morgan fingerprint density at radius 3 is 2.58 bits per heavy atom. The number of pyridine rings is 1. The normalized spacial score (nSPS) is 10.8. The van der Waals surface area contributed by atoms with Gasteiger partial charge in [0.05, 0.1) is 3.57 Å². The highest BCUT2D eigenvalue weighted by atomic mass is 127. The van der Waals surface area contributed by atoms with Crippen molar-refractivity contribution in [2.75, 3.05) is 0 Å². The highest BCUT2D eigenvalue weighted by Gasteiger charge is 2.14. The van der Waals surface area contributed by atoms with Crippen molar-refractivity contribution in [2.24, 2.45) is 0 Å². The Hall–Kier alpha value is -0.330. The van der Waals surface area contributed by atoms with E-state index in [0.717, 1.165) is 6.07 Å². The molecule has 1 aromatic heterocycles. The van der Waals surface area contributed by atoms with Crippen LogP contribution in [0, 0.1) is 16.4 Å². The van der Waals surface area contributed by atoms with E-state index < -0.39 is 12.4 Å². The van der Waals surface area contributed by atoms with E-state index in [2.05, 4.69) is 4.98 Å². The van der Waals surface area contributed by atoms with Gasteiger partial charge in [-0.3, -0.25) is 0 Å². The molecule has 0 aliphatic rings. The average molecular weight is 287 g/mol. The molecule has 0 atom stereocenters. The summed E-state index contributed by atoms with van der Waals surface area (Å²) in [6.07, 6.45) is -2.59. The quantitative estimate of drug-likeness (QED) is 0.571. The predicted octanol–water partition coefficient (Wildman–Crippen LogP) is 3.07. The lowest BCUT2D eigenvalue weighted by molar-refractivity contribution is 0.149. The number of hydrogen-bond acceptors (Lipinski definition) is 1. The summed E-state index contributed by atoms with van der Waals surface area (Å²) < 4.78 is 37.1. The van der Waals surface area contributed by atoms with Crippen LogP contribution in [0.25, 0.3) is 0 Å². The van der Waals surface area contributed by atoms with Crippen molar-refractivity contribution in [1.82, 2.24) is 4.98 Å². The van der Waals surface area contributed by atoms with Crippen LogP contribution in [0.2, 0.25) is 0 Å². The maximum Gasteiger partial charge on any atom is 0.265 e. The molecule has 0 fully saturated rings. The molecular formula is C7H5F3IN. The van der Waals surface area contributed by atoms with Gasteiger partial charge in [-0.2, -0.15) is 4.39 Å².